The molecular weight excluding hydrogens is 346 g/mol. The van der Waals surface area contributed by atoms with E-state index in [1.165, 1.54) is 16.8 Å². The van der Waals surface area contributed by atoms with Crippen molar-refractivity contribution in [1.82, 2.24) is 9.80 Å². The van der Waals surface area contributed by atoms with Crippen molar-refractivity contribution >= 4 is 24.0 Å². The number of likely N-dealkylation sites (tertiary alicyclic amines) is 1. The maximum atomic E-state index is 12.9. The average molecular weight is 372 g/mol. The molecule has 2 aromatic rings. The summed E-state index contributed by atoms with van der Waals surface area (Å²) in [5, 5.41) is 3.35. The van der Waals surface area contributed by atoms with Gasteiger partial charge in [-0.05, 0) is 42.2 Å². The quantitative estimate of drug-likeness (QED) is 0.894. The van der Waals surface area contributed by atoms with Crippen molar-refractivity contribution in [2.45, 2.75) is 25.4 Å². The molecule has 5 heteroatoms. The lowest BCUT2D eigenvalue weighted by Crippen LogP contribution is -2.39. The van der Waals surface area contributed by atoms with E-state index in [4.69, 9.17) is 0 Å². The highest BCUT2D eigenvalue weighted by Gasteiger charge is 2.29. The molecule has 138 valence electrons. The molecule has 1 fully saturated rings. The van der Waals surface area contributed by atoms with Crippen molar-refractivity contribution in [2.75, 3.05) is 32.0 Å². The zero-order valence-corrected chi connectivity index (χ0v) is 16.0. The lowest BCUT2D eigenvalue weighted by atomic mass is 10.1. The highest BCUT2D eigenvalue weighted by Crippen LogP contribution is 2.25. The van der Waals surface area contributed by atoms with Crippen molar-refractivity contribution in [1.29, 1.82) is 0 Å². The van der Waals surface area contributed by atoms with E-state index in [0.29, 0.717) is 6.04 Å². The molecule has 26 heavy (non-hydrogen) atoms. The summed E-state index contributed by atoms with van der Waals surface area (Å²) in [5.74, 6) is 0.140. The number of carbonyl (C=O) groups excluding carboxylic acids is 1. The van der Waals surface area contributed by atoms with Crippen LogP contribution in [-0.4, -0.2) is 48.4 Å². The minimum atomic E-state index is 0. The van der Waals surface area contributed by atoms with Crippen LogP contribution in [0.15, 0.2) is 48.5 Å². The van der Waals surface area contributed by atoms with E-state index in [9.17, 15) is 4.79 Å². The normalized spacial score (nSPS) is 18.7. The SMILES string of the molecule is CN(C(=O)c1ccc2c(c1)CCN2)C1CCN(Cc2ccccc2)C1.Cl. The number of likely N-dealkylation sites (N-methyl/N-ethyl adjacent to an activating group) is 1. The van der Waals surface area contributed by atoms with Gasteiger partial charge in [0.25, 0.3) is 5.91 Å². The average Bonchev–Trinajstić information content (AvgIpc) is 3.30. The number of amides is 1. The first-order chi connectivity index (χ1) is 12.2. The number of halogens is 1. The molecule has 2 aliphatic rings. The minimum absolute atomic E-state index is 0. The highest BCUT2D eigenvalue weighted by atomic mass is 35.5. The fourth-order valence-electron chi connectivity index (χ4n) is 3.92. The molecule has 0 radical (unpaired) electrons. The summed E-state index contributed by atoms with van der Waals surface area (Å²) in [4.78, 5) is 17.3. The number of fused-ring (bicyclic) bond motifs is 1. The second-order valence-electron chi connectivity index (χ2n) is 7.13. The Labute approximate surface area is 161 Å². The van der Waals surface area contributed by atoms with Crippen LogP contribution in [0.5, 0.6) is 0 Å². The van der Waals surface area contributed by atoms with Gasteiger partial charge in [-0.3, -0.25) is 9.69 Å². The molecule has 0 saturated carbocycles. The molecule has 1 N–H and O–H groups in total. The highest BCUT2D eigenvalue weighted by molar-refractivity contribution is 5.95. The van der Waals surface area contributed by atoms with Crippen LogP contribution in [0.4, 0.5) is 5.69 Å². The van der Waals surface area contributed by atoms with E-state index in [0.717, 1.165) is 44.6 Å². The fourth-order valence-corrected chi connectivity index (χ4v) is 3.92. The largest absolute Gasteiger partial charge is 0.384 e. The second-order valence-corrected chi connectivity index (χ2v) is 7.13. The number of rotatable bonds is 4. The van der Waals surface area contributed by atoms with Crippen LogP contribution in [0.3, 0.4) is 0 Å². The third kappa shape index (κ3) is 3.87. The van der Waals surface area contributed by atoms with Gasteiger partial charge in [0.2, 0.25) is 0 Å². The maximum absolute atomic E-state index is 12.9. The molecular formula is C21H26ClN3O. The van der Waals surface area contributed by atoms with Gasteiger partial charge >= 0.3 is 0 Å². The first kappa shape index (κ1) is 18.7. The summed E-state index contributed by atoms with van der Waals surface area (Å²) in [6.45, 7) is 3.93. The Morgan fingerprint density at radius 3 is 2.85 bits per heavy atom. The van der Waals surface area contributed by atoms with Crippen LogP contribution in [0.2, 0.25) is 0 Å². The monoisotopic (exact) mass is 371 g/mol. The van der Waals surface area contributed by atoms with Gasteiger partial charge in [0.15, 0.2) is 0 Å². The van der Waals surface area contributed by atoms with Crippen LogP contribution < -0.4 is 5.32 Å². The van der Waals surface area contributed by atoms with Gasteiger partial charge < -0.3 is 10.2 Å². The van der Waals surface area contributed by atoms with E-state index >= 15 is 0 Å². The molecule has 4 nitrogen and oxygen atoms in total. The first-order valence-electron chi connectivity index (χ1n) is 9.11. The molecule has 0 aliphatic carbocycles. The predicted octanol–water partition coefficient (Wildman–Crippen LogP) is 3.42. The second kappa shape index (κ2) is 8.11. The number of nitrogens with zero attached hydrogens (tertiary/aromatic N) is 2. The summed E-state index contributed by atoms with van der Waals surface area (Å²) in [7, 11) is 1.95. The molecule has 1 unspecified atom stereocenters. The molecule has 2 heterocycles. The van der Waals surface area contributed by atoms with E-state index in [1.807, 2.05) is 24.1 Å². The maximum Gasteiger partial charge on any atom is 0.253 e. The number of benzene rings is 2. The Bertz CT molecular complexity index is 765. The number of anilines is 1. The van der Waals surface area contributed by atoms with Crippen LogP contribution in [0, 0.1) is 0 Å². The van der Waals surface area contributed by atoms with Gasteiger partial charge in [-0.15, -0.1) is 12.4 Å². The van der Waals surface area contributed by atoms with Gasteiger partial charge in [-0.2, -0.15) is 0 Å². The molecule has 0 spiro atoms. The van der Waals surface area contributed by atoms with E-state index in [2.05, 4.69) is 46.6 Å². The number of nitrogens with one attached hydrogen (secondary N) is 1. The number of hydrogen-bond acceptors (Lipinski definition) is 3. The van der Waals surface area contributed by atoms with Crippen molar-refractivity contribution in [3.05, 3.63) is 65.2 Å². The molecule has 1 amide bonds. The molecule has 1 saturated heterocycles. The lowest BCUT2D eigenvalue weighted by Gasteiger charge is -2.25. The molecule has 2 aliphatic heterocycles. The van der Waals surface area contributed by atoms with Crippen LogP contribution in [0.1, 0.15) is 27.9 Å². The van der Waals surface area contributed by atoms with Gasteiger partial charge in [0.05, 0.1) is 0 Å². The zero-order valence-electron chi connectivity index (χ0n) is 15.1. The molecule has 4 rings (SSSR count). The van der Waals surface area contributed by atoms with E-state index in [-0.39, 0.29) is 18.3 Å². The molecule has 1 atom stereocenters. The van der Waals surface area contributed by atoms with Gasteiger partial charge in [0.1, 0.15) is 0 Å². The zero-order chi connectivity index (χ0) is 17.2. The van der Waals surface area contributed by atoms with Crippen LogP contribution in [0.25, 0.3) is 0 Å². The standard InChI is InChI=1S/C21H25N3O.ClH/c1-23(21(25)18-7-8-20-17(13-18)9-11-22-20)19-10-12-24(15-19)14-16-5-3-2-4-6-16;/h2-8,13,19,22H,9-12,14-15H2,1H3;1H. The molecule has 0 bridgehead atoms. The van der Waals surface area contributed by atoms with Crippen molar-refractivity contribution in [3.8, 4) is 0 Å². The Kier molecular flexibility index (Phi) is 5.84. The molecule has 2 aromatic carbocycles. The predicted molar refractivity (Wildman–Crippen MR) is 108 cm³/mol. The Balaban J connectivity index is 0.00000196. The van der Waals surface area contributed by atoms with E-state index < -0.39 is 0 Å². The van der Waals surface area contributed by atoms with Gasteiger partial charge in [-0.25, -0.2) is 0 Å². The van der Waals surface area contributed by atoms with Crippen molar-refractivity contribution in [2.24, 2.45) is 0 Å². The number of carbonyl (C=O) groups is 1. The summed E-state index contributed by atoms with van der Waals surface area (Å²) < 4.78 is 0. The number of hydrogen-bond donors (Lipinski definition) is 1. The van der Waals surface area contributed by atoms with Gasteiger partial charge in [0, 0.05) is 50.5 Å². The summed E-state index contributed by atoms with van der Waals surface area (Å²) in [6, 6.07) is 16.9. The fraction of sp³-hybridized carbons (Fsp3) is 0.381. The summed E-state index contributed by atoms with van der Waals surface area (Å²) >= 11 is 0. The molecule has 0 aromatic heterocycles. The van der Waals surface area contributed by atoms with Crippen molar-refractivity contribution < 1.29 is 4.79 Å². The van der Waals surface area contributed by atoms with E-state index in [1.54, 1.807) is 0 Å². The smallest absolute Gasteiger partial charge is 0.253 e. The van der Waals surface area contributed by atoms with Crippen molar-refractivity contribution in [3.63, 3.8) is 0 Å². The lowest BCUT2D eigenvalue weighted by molar-refractivity contribution is 0.0735. The van der Waals surface area contributed by atoms with Crippen LogP contribution in [-0.2, 0) is 13.0 Å². The Morgan fingerprint density at radius 1 is 1.23 bits per heavy atom. The minimum Gasteiger partial charge on any atom is -0.384 e. The Morgan fingerprint density at radius 2 is 2.04 bits per heavy atom. The van der Waals surface area contributed by atoms with Crippen LogP contribution >= 0.6 is 12.4 Å². The summed E-state index contributed by atoms with van der Waals surface area (Å²) in [5.41, 5.74) is 4.58. The Hall–Kier alpha value is -2.04. The third-order valence-corrected chi connectivity index (χ3v) is 5.43. The topological polar surface area (TPSA) is 35.6 Å². The van der Waals surface area contributed by atoms with Gasteiger partial charge in [-0.1, -0.05) is 30.3 Å². The summed E-state index contributed by atoms with van der Waals surface area (Å²) in [6.07, 6.45) is 2.05. The third-order valence-electron chi connectivity index (χ3n) is 5.43. The first-order valence-corrected chi connectivity index (χ1v) is 9.11.